The molecule has 2 aromatic carbocycles. The van der Waals surface area contributed by atoms with Crippen molar-refractivity contribution < 1.29 is 28.2 Å². The Morgan fingerprint density at radius 2 is 1.32 bits per heavy atom. The van der Waals surface area contributed by atoms with Gasteiger partial charge >= 0.3 is 7.32 Å². The summed E-state index contributed by atoms with van der Waals surface area (Å²) in [4.78, 5) is 0. The molecule has 0 fully saturated rings. The molecule has 0 spiro atoms. The van der Waals surface area contributed by atoms with Crippen molar-refractivity contribution in [3.8, 4) is 17.2 Å². The van der Waals surface area contributed by atoms with Crippen LogP contribution in [0.5, 0.6) is 17.2 Å². The zero-order valence-electron chi connectivity index (χ0n) is 9.59. The van der Waals surface area contributed by atoms with Gasteiger partial charge in [-0.1, -0.05) is 0 Å². The Kier molecular flexibility index (Phi) is 3.98. The molecule has 7 heteroatoms. The summed E-state index contributed by atoms with van der Waals surface area (Å²) < 4.78 is 35.7. The van der Waals surface area contributed by atoms with Crippen molar-refractivity contribution in [2.75, 3.05) is 0 Å². The van der Waals surface area contributed by atoms with Crippen molar-refractivity contribution in [1.29, 1.82) is 0 Å². The molecule has 0 aliphatic carbocycles. The Labute approximate surface area is 108 Å². The van der Waals surface area contributed by atoms with Gasteiger partial charge in [-0.05, 0) is 24.3 Å². The van der Waals surface area contributed by atoms with Crippen molar-refractivity contribution in [1.82, 2.24) is 0 Å². The molecule has 2 N–H and O–H groups in total. The van der Waals surface area contributed by atoms with Crippen LogP contribution in [0.25, 0.3) is 0 Å². The Hall–Kier alpha value is -2.12. The molecule has 2 aromatic rings. The highest BCUT2D eigenvalue weighted by Gasteiger charge is 2.11. The largest absolute Gasteiger partial charge is 0.707 e. The molecular weight excluding hydrogens is 257 g/mol. The van der Waals surface area contributed by atoms with E-state index in [0.29, 0.717) is 5.75 Å². The minimum Gasteiger partial charge on any atom is -0.512 e. The lowest BCUT2D eigenvalue weighted by molar-refractivity contribution is 0.288. The van der Waals surface area contributed by atoms with Gasteiger partial charge in [0.05, 0.1) is 0 Å². The maximum atomic E-state index is 12.9. The molecular formula is C12H9BF2O4. The summed E-state index contributed by atoms with van der Waals surface area (Å²) >= 11 is 0. The van der Waals surface area contributed by atoms with Crippen LogP contribution in [0.15, 0.2) is 42.5 Å². The molecule has 0 unspecified atom stereocenters. The van der Waals surface area contributed by atoms with Crippen molar-refractivity contribution in [3.05, 3.63) is 54.1 Å². The van der Waals surface area contributed by atoms with E-state index in [9.17, 15) is 8.78 Å². The minimum atomic E-state index is -1.91. The third-order valence-corrected chi connectivity index (χ3v) is 2.14. The predicted octanol–water partition coefficient (Wildman–Crippen LogP) is 2.11. The van der Waals surface area contributed by atoms with Gasteiger partial charge in [0.15, 0.2) is 0 Å². The lowest BCUT2D eigenvalue weighted by Crippen LogP contribution is -2.20. The molecule has 0 aliphatic rings. The molecule has 0 atom stereocenters. The van der Waals surface area contributed by atoms with E-state index in [-0.39, 0.29) is 11.5 Å². The highest BCUT2D eigenvalue weighted by Crippen LogP contribution is 2.25. The number of rotatable bonds is 4. The molecule has 2 rings (SSSR count). The standard InChI is InChI=1S/C12H9BF2O4/c14-8-5-9(15)7-12(6-8)18-10-1-3-11(4-2-10)19-13(16)17/h1-7,16-17H. The van der Waals surface area contributed by atoms with Crippen molar-refractivity contribution in [2.24, 2.45) is 0 Å². The van der Waals surface area contributed by atoms with Gasteiger partial charge < -0.3 is 19.4 Å². The minimum absolute atomic E-state index is 0.0216. The zero-order valence-corrected chi connectivity index (χ0v) is 9.59. The number of hydrogen-bond acceptors (Lipinski definition) is 4. The first-order valence-corrected chi connectivity index (χ1v) is 5.30. The van der Waals surface area contributed by atoms with Crippen LogP contribution in [0.1, 0.15) is 0 Å². The second-order valence-electron chi connectivity index (χ2n) is 3.62. The van der Waals surface area contributed by atoms with Gasteiger partial charge in [0.2, 0.25) is 0 Å². The topological polar surface area (TPSA) is 58.9 Å². The number of ether oxygens (including phenoxy) is 1. The summed E-state index contributed by atoms with van der Waals surface area (Å²) in [5.74, 6) is -0.914. The molecule has 0 heterocycles. The summed E-state index contributed by atoms with van der Waals surface area (Å²) in [6.45, 7) is 0. The van der Waals surface area contributed by atoms with Crippen LogP contribution in [-0.2, 0) is 0 Å². The summed E-state index contributed by atoms with van der Waals surface area (Å²) in [5, 5.41) is 17.2. The molecule has 98 valence electrons. The highest BCUT2D eigenvalue weighted by molar-refractivity contribution is 6.33. The second kappa shape index (κ2) is 5.68. The molecule has 0 aromatic heterocycles. The third-order valence-electron chi connectivity index (χ3n) is 2.14. The van der Waals surface area contributed by atoms with Crippen molar-refractivity contribution >= 4 is 7.32 Å². The fourth-order valence-corrected chi connectivity index (χ4v) is 1.43. The molecule has 0 radical (unpaired) electrons. The Morgan fingerprint density at radius 1 is 0.789 bits per heavy atom. The van der Waals surface area contributed by atoms with Crippen LogP contribution in [0.3, 0.4) is 0 Å². The molecule has 4 nitrogen and oxygen atoms in total. The monoisotopic (exact) mass is 266 g/mol. The number of benzene rings is 2. The van der Waals surface area contributed by atoms with Gasteiger partial charge in [0.25, 0.3) is 0 Å². The SMILES string of the molecule is OB(O)Oc1ccc(Oc2cc(F)cc(F)c2)cc1. The summed E-state index contributed by atoms with van der Waals surface area (Å²) in [6.07, 6.45) is 0. The van der Waals surface area contributed by atoms with Crippen molar-refractivity contribution in [2.45, 2.75) is 0 Å². The normalized spacial score (nSPS) is 10.1. The fourth-order valence-electron chi connectivity index (χ4n) is 1.43. The summed E-state index contributed by atoms with van der Waals surface area (Å²) in [7, 11) is -1.91. The van der Waals surface area contributed by atoms with Gasteiger partial charge in [0, 0.05) is 18.2 Å². The quantitative estimate of drug-likeness (QED) is 0.832. The molecule has 0 saturated carbocycles. The van der Waals surface area contributed by atoms with Crippen LogP contribution in [0, 0.1) is 11.6 Å². The first-order chi connectivity index (χ1) is 9.02. The van der Waals surface area contributed by atoms with E-state index in [1.807, 2.05) is 0 Å². The molecule has 19 heavy (non-hydrogen) atoms. The maximum absolute atomic E-state index is 12.9. The van der Waals surface area contributed by atoms with Crippen molar-refractivity contribution in [3.63, 3.8) is 0 Å². The van der Waals surface area contributed by atoms with Crippen LogP contribution in [-0.4, -0.2) is 17.4 Å². The van der Waals surface area contributed by atoms with Crippen LogP contribution in [0.4, 0.5) is 8.78 Å². The van der Waals surface area contributed by atoms with E-state index in [2.05, 4.69) is 4.65 Å². The average Bonchev–Trinajstić information content (AvgIpc) is 2.29. The van der Waals surface area contributed by atoms with Gasteiger partial charge in [-0.25, -0.2) is 8.78 Å². The third kappa shape index (κ3) is 3.94. The Balaban J connectivity index is 2.10. The first kappa shape index (κ1) is 13.3. The van der Waals surface area contributed by atoms with Gasteiger partial charge in [-0.3, -0.25) is 0 Å². The Morgan fingerprint density at radius 3 is 1.84 bits per heavy atom. The highest BCUT2D eigenvalue weighted by atomic mass is 19.1. The lowest BCUT2D eigenvalue weighted by Gasteiger charge is -2.08. The van der Waals surface area contributed by atoms with Gasteiger partial charge in [-0.15, -0.1) is 0 Å². The lowest BCUT2D eigenvalue weighted by atomic mass is 10.2. The Bertz CT molecular complexity index is 540. The fraction of sp³-hybridized carbons (Fsp3) is 0. The number of hydrogen-bond donors (Lipinski definition) is 2. The predicted molar refractivity (Wildman–Crippen MR) is 63.7 cm³/mol. The smallest absolute Gasteiger partial charge is 0.512 e. The molecule has 0 saturated heterocycles. The summed E-state index contributed by atoms with van der Waals surface area (Å²) in [6, 6.07) is 8.60. The molecule has 0 aliphatic heterocycles. The van der Waals surface area contributed by atoms with E-state index in [1.54, 1.807) is 0 Å². The van der Waals surface area contributed by atoms with E-state index in [4.69, 9.17) is 14.8 Å². The zero-order chi connectivity index (χ0) is 13.8. The number of halogens is 2. The average molecular weight is 266 g/mol. The van der Waals surface area contributed by atoms with E-state index in [1.165, 1.54) is 24.3 Å². The maximum Gasteiger partial charge on any atom is 0.707 e. The molecule has 0 amide bonds. The van der Waals surface area contributed by atoms with Crippen LogP contribution >= 0.6 is 0 Å². The van der Waals surface area contributed by atoms with Crippen LogP contribution in [0.2, 0.25) is 0 Å². The second-order valence-corrected chi connectivity index (χ2v) is 3.62. The van der Waals surface area contributed by atoms with E-state index < -0.39 is 19.0 Å². The van der Waals surface area contributed by atoms with Gasteiger partial charge in [0.1, 0.15) is 28.9 Å². The van der Waals surface area contributed by atoms with Crippen LogP contribution < -0.4 is 9.39 Å². The summed E-state index contributed by atoms with van der Waals surface area (Å²) in [5.41, 5.74) is 0. The molecule has 0 bridgehead atoms. The van der Waals surface area contributed by atoms with E-state index in [0.717, 1.165) is 18.2 Å². The first-order valence-electron chi connectivity index (χ1n) is 5.30. The van der Waals surface area contributed by atoms with E-state index >= 15 is 0 Å². The van der Waals surface area contributed by atoms with Gasteiger partial charge in [-0.2, -0.15) is 0 Å².